The van der Waals surface area contributed by atoms with E-state index in [0.717, 1.165) is 9.87 Å². The van der Waals surface area contributed by atoms with Crippen LogP contribution in [0.15, 0.2) is 47.4 Å². The number of alkyl halides is 2. The highest BCUT2D eigenvalue weighted by Crippen LogP contribution is 2.27. The van der Waals surface area contributed by atoms with E-state index in [-0.39, 0.29) is 21.6 Å². The van der Waals surface area contributed by atoms with E-state index in [2.05, 4.69) is 10.1 Å². The highest BCUT2D eigenvalue weighted by Gasteiger charge is 2.23. The molecule has 0 spiro atoms. The maximum Gasteiger partial charge on any atom is 0.387 e. The first kappa shape index (κ1) is 25.0. The van der Waals surface area contributed by atoms with E-state index in [0.29, 0.717) is 12.2 Å². The molecular weight excluding hydrogens is 452 g/mol. The quantitative estimate of drug-likeness (QED) is 0.599. The van der Waals surface area contributed by atoms with Crippen molar-refractivity contribution in [2.75, 3.05) is 26.5 Å². The van der Waals surface area contributed by atoms with E-state index in [4.69, 9.17) is 11.6 Å². The molecule has 1 N–H and O–H groups in total. The van der Waals surface area contributed by atoms with Gasteiger partial charge < -0.3 is 10.1 Å². The smallest absolute Gasteiger partial charge is 0.387 e. The van der Waals surface area contributed by atoms with Gasteiger partial charge in [-0.05, 0) is 49.9 Å². The van der Waals surface area contributed by atoms with Crippen LogP contribution in [0.1, 0.15) is 12.5 Å². The normalized spacial score (nSPS) is 13.0. The zero-order valence-corrected chi connectivity index (χ0v) is 19.0. The van der Waals surface area contributed by atoms with Crippen LogP contribution in [-0.4, -0.2) is 57.3 Å². The molecule has 0 fully saturated rings. The Morgan fingerprint density at radius 1 is 1.13 bits per heavy atom. The van der Waals surface area contributed by atoms with Gasteiger partial charge in [0.1, 0.15) is 10.6 Å². The lowest BCUT2D eigenvalue weighted by Gasteiger charge is -2.24. The summed E-state index contributed by atoms with van der Waals surface area (Å²) in [5.74, 6) is -0.297. The number of hydrogen-bond acceptors (Lipinski definition) is 5. The van der Waals surface area contributed by atoms with Gasteiger partial charge in [-0.1, -0.05) is 23.7 Å². The largest absolute Gasteiger partial charge is 0.435 e. The first-order valence-corrected chi connectivity index (χ1v) is 11.0. The Kier molecular flexibility index (Phi) is 8.35. The van der Waals surface area contributed by atoms with E-state index < -0.39 is 22.7 Å². The van der Waals surface area contributed by atoms with Gasteiger partial charge in [-0.2, -0.15) is 8.78 Å². The molecule has 0 saturated carbocycles. The van der Waals surface area contributed by atoms with Gasteiger partial charge in [0, 0.05) is 26.3 Å². The monoisotopic (exact) mass is 475 g/mol. The summed E-state index contributed by atoms with van der Waals surface area (Å²) < 4.78 is 54.6. The van der Waals surface area contributed by atoms with Crippen LogP contribution in [0.5, 0.6) is 5.75 Å². The number of carbonyl (C=O) groups is 1. The van der Waals surface area contributed by atoms with Gasteiger partial charge in [-0.3, -0.25) is 9.69 Å². The van der Waals surface area contributed by atoms with E-state index in [1.165, 1.54) is 44.4 Å². The summed E-state index contributed by atoms with van der Waals surface area (Å²) in [6.45, 7) is -0.820. The number of ether oxygens (including phenoxy) is 1. The minimum absolute atomic E-state index is 0.0520. The summed E-state index contributed by atoms with van der Waals surface area (Å²) >= 11 is 6.03. The van der Waals surface area contributed by atoms with Gasteiger partial charge in [0.2, 0.25) is 15.9 Å². The highest BCUT2D eigenvalue weighted by atomic mass is 35.5. The second-order valence-electron chi connectivity index (χ2n) is 7.04. The molecule has 11 heteroatoms. The average molecular weight is 476 g/mol. The van der Waals surface area contributed by atoms with Crippen LogP contribution >= 0.6 is 11.6 Å². The third kappa shape index (κ3) is 6.60. The number of rotatable bonds is 9. The number of halogens is 3. The number of nitrogens with zero attached hydrogens (tertiary/aromatic N) is 2. The zero-order valence-electron chi connectivity index (χ0n) is 17.5. The SMILES string of the molecule is CC(C(=O)Nc1ccc(Cl)c(S(=O)(=O)N(C)C)c1)N(C)Cc1ccc(OC(F)F)cc1. The zero-order chi connectivity index (χ0) is 23.3. The van der Waals surface area contributed by atoms with Gasteiger partial charge in [-0.15, -0.1) is 0 Å². The molecular formula is C20H24ClF2N3O4S. The van der Waals surface area contributed by atoms with Gasteiger partial charge in [-0.25, -0.2) is 12.7 Å². The maximum absolute atomic E-state index is 12.7. The molecule has 1 amide bonds. The summed E-state index contributed by atoms with van der Waals surface area (Å²) in [5.41, 5.74) is 1.10. The molecule has 31 heavy (non-hydrogen) atoms. The number of likely N-dealkylation sites (N-methyl/N-ethyl adjacent to an activating group) is 1. The van der Waals surface area contributed by atoms with Crippen LogP contribution in [0.3, 0.4) is 0 Å². The summed E-state index contributed by atoms with van der Waals surface area (Å²) in [6.07, 6.45) is 0. The van der Waals surface area contributed by atoms with E-state index in [1.807, 2.05) is 0 Å². The topological polar surface area (TPSA) is 79.0 Å². The fourth-order valence-corrected chi connectivity index (χ4v) is 4.02. The van der Waals surface area contributed by atoms with Crippen molar-refractivity contribution in [3.05, 3.63) is 53.1 Å². The minimum Gasteiger partial charge on any atom is -0.435 e. The summed E-state index contributed by atoms with van der Waals surface area (Å²) in [4.78, 5) is 14.3. The van der Waals surface area contributed by atoms with Crippen molar-refractivity contribution in [2.24, 2.45) is 0 Å². The molecule has 1 atom stereocenters. The second-order valence-corrected chi connectivity index (χ2v) is 9.56. The molecule has 0 saturated heterocycles. The number of benzene rings is 2. The molecule has 1 unspecified atom stereocenters. The molecule has 2 aromatic rings. The van der Waals surface area contributed by atoms with E-state index in [9.17, 15) is 22.0 Å². The number of hydrogen-bond donors (Lipinski definition) is 1. The first-order chi connectivity index (χ1) is 14.4. The molecule has 7 nitrogen and oxygen atoms in total. The Morgan fingerprint density at radius 2 is 1.74 bits per heavy atom. The fourth-order valence-electron chi connectivity index (χ4n) is 2.62. The standard InChI is InChI=1S/C20H24ClF2N3O4S/c1-13(26(4)12-14-5-8-16(9-6-14)30-20(22)23)19(27)24-15-7-10-17(21)18(11-15)31(28,29)25(2)3/h5-11,13,20H,12H2,1-4H3,(H,24,27). The molecule has 0 heterocycles. The van der Waals surface area contributed by atoms with Crippen LogP contribution in [0.25, 0.3) is 0 Å². The van der Waals surface area contributed by atoms with Gasteiger partial charge >= 0.3 is 6.61 Å². The van der Waals surface area contributed by atoms with Crippen LogP contribution in [0, 0.1) is 0 Å². The van der Waals surface area contributed by atoms with Gasteiger partial charge in [0.25, 0.3) is 0 Å². The van der Waals surface area contributed by atoms with Crippen LogP contribution in [0.2, 0.25) is 5.02 Å². The van der Waals surface area contributed by atoms with Crippen LogP contribution < -0.4 is 10.1 Å². The highest BCUT2D eigenvalue weighted by molar-refractivity contribution is 7.89. The predicted octanol–water partition coefficient (Wildman–Crippen LogP) is 3.65. The summed E-state index contributed by atoms with van der Waals surface area (Å²) in [7, 11) is 0.740. The van der Waals surface area contributed by atoms with Crippen molar-refractivity contribution < 1.29 is 26.7 Å². The Morgan fingerprint density at radius 3 is 2.29 bits per heavy atom. The van der Waals surface area contributed by atoms with Crippen molar-refractivity contribution >= 4 is 33.2 Å². The number of nitrogens with one attached hydrogen (secondary N) is 1. The van der Waals surface area contributed by atoms with Crippen LogP contribution in [-0.2, 0) is 21.4 Å². The number of sulfonamides is 1. The lowest BCUT2D eigenvalue weighted by atomic mass is 10.1. The lowest BCUT2D eigenvalue weighted by molar-refractivity contribution is -0.120. The van der Waals surface area contributed by atoms with Gasteiger partial charge in [0.15, 0.2) is 0 Å². The predicted molar refractivity (Wildman–Crippen MR) is 115 cm³/mol. The van der Waals surface area contributed by atoms with Crippen molar-refractivity contribution in [3.8, 4) is 5.75 Å². The number of anilines is 1. The maximum atomic E-state index is 12.7. The fraction of sp³-hybridized carbons (Fsp3) is 0.350. The second kappa shape index (κ2) is 10.4. The van der Waals surface area contributed by atoms with Crippen molar-refractivity contribution in [1.82, 2.24) is 9.21 Å². The molecule has 170 valence electrons. The number of amides is 1. The van der Waals surface area contributed by atoms with Gasteiger partial charge in [0.05, 0.1) is 11.1 Å². The minimum atomic E-state index is -3.77. The Bertz CT molecular complexity index is 1020. The molecule has 0 aliphatic carbocycles. The molecule has 0 aromatic heterocycles. The third-order valence-electron chi connectivity index (χ3n) is 4.58. The molecule has 2 rings (SSSR count). The molecule has 0 bridgehead atoms. The molecule has 2 aromatic carbocycles. The Balaban J connectivity index is 2.06. The van der Waals surface area contributed by atoms with Crippen molar-refractivity contribution in [1.29, 1.82) is 0 Å². The average Bonchev–Trinajstić information content (AvgIpc) is 2.69. The summed E-state index contributed by atoms with van der Waals surface area (Å²) in [6, 6.07) is 9.80. The third-order valence-corrected chi connectivity index (χ3v) is 6.88. The van der Waals surface area contributed by atoms with Crippen molar-refractivity contribution in [2.45, 2.75) is 31.0 Å². The lowest BCUT2D eigenvalue weighted by Crippen LogP contribution is -2.39. The first-order valence-electron chi connectivity index (χ1n) is 9.18. The summed E-state index contributed by atoms with van der Waals surface area (Å²) in [5, 5.41) is 2.74. The molecule has 0 aliphatic heterocycles. The van der Waals surface area contributed by atoms with E-state index >= 15 is 0 Å². The number of carbonyl (C=O) groups excluding carboxylic acids is 1. The Labute approximate surface area is 185 Å². The molecule has 0 aliphatic rings. The molecule has 0 radical (unpaired) electrons. The Hall–Kier alpha value is -2.27. The van der Waals surface area contributed by atoms with Crippen LogP contribution in [0.4, 0.5) is 14.5 Å². The van der Waals surface area contributed by atoms with Crippen molar-refractivity contribution in [3.63, 3.8) is 0 Å². The van der Waals surface area contributed by atoms with E-state index in [1.54, 1.807) is 31.0 Å².